The average molecular weight is 360 g/mol. The Labute approximate surface area is 159 Å². The van der Waals surface area contributed by atoms with Gasteiger partial charge in [0.15, 0.2) is 0 Å². The molecular formula is C22H24N4O. The molecule has 5 nitrogen and oxygen atoms in total. The van der Waals surface area contributed by atoms with Crippen molar-refractivity contribution in [3.8, 4) is 0 Å². The van der Waals surface area contributed by atoms with Crippen LogP contribution < -0.4 is 10.6 Å². The molecule has 1 aromatic heterocycles. The summed E-state index contributed by atoms with van der Waals surface area (Å²) in [6, 6.07) is 17.7. The lowest BCUT2D eigenvalue weighted by atomic mass is 10.1. The standard InChI is InChI=1S/C22H24N4O/c1-4-17-9-11-19(12-10-17)26-22(27)20-13-21(25-16(3)24-20)23-14-18-8-6-5-7-15(18)2/h5-13H,4,14H2,1-3H3,(H,26,27)(H,23,24,25). The first-order valence-corrected chi connectivity index (χ1v) is 9.09. The average Bonchev–Trinajstić information content (AvgIpc) is 2.67. The molecule has 5 heteroatoms. The van der Waals surface area contributed by atoms with Gasteiger partial charge in [-0.05, 0) is 49.1 Å². The van der Waals surface area contributed by atoms with Crippen LogP contribution in [0.3, 0.4) is 0 Å². The van der Waals surface area contributed by atoms with Gasteiger partial charge in [0.25, 0.3) is 5.91 Å². The summed E-state index contributed by atoms with van der Waals surface area (Å²) in [6.07, 6.45) is 0.968. The predicted octanol–water partition coefficient (Wildman–Crippen LogP) is 4.52. The molecule has 0 bridgehead atoms. The smallest absolute Gasteiger partial charge is 0.274 e. The van der Waals surface area contributed by atoms with Crippen LogP contribution in [-0.4, -0.2) is 15.9 Å². The first-order valence-electron chi connectivity index (χ1n) is 9.09. The molecule has 0 radical (unpaired) electrons. The van der Waals surface area contributed by atoms with Gasteiger partial charge >= 0.3 is 0 Å². The summed E-state index contributed by atoms with van der Waals surface area (Å²) in [5.41, 5.74) is 4.73. The predicted molar refractivity (Wildman–Crippen MR) is 109 cm³/mol. The van der Waals surface area contributed by atoms with Gasteiger partial charge in [-0.25, -0.2) is 9.97 Å². The third-order valence-electron chi connectivity index (χ3n) is 4.41. The normalized spacial score (nSPS) is 10.5. The van der Waals surface area contributed by atoms with Crippen LogP contribution in [0.5, 0.6) is 0 Å². The second kappa shape index (κ2) is 8.45. The zero-order valence-electron chi connectivity index (χ0n) is 15.9. The SMILES string of the molecule is CCc1ccc(NC(=O)c2cc(NCc3ccccc3C)nc(C)n2)cc1. The van der Waals surface area contributed by atoms with E-state index in [0.29, 0.717) is 23.9 Å². The molecule has 0 spiro atoms. The van der Waals surface area contributed by atoms with E-state index in [0.717, 1.165) is 12.1 Å². The maximum atomic E-state index is 12.6. The fraction of sp³-hybridized carbons (Fsp3) is 0.227. The molecule has 0 atom stereocenters. The monoisotopic (exact) mass is 360 g/mol. The summed E-state index contributed by atoms with van der Waals surface area (Å²) >= 11 is 0. The number of hydrogen-bond donors (Lipinski definition) is 2. The first-order chi connectivity index (χ1) is 13.0. The highest BCUT2D eigenvalue weighted by Gasteiger charge is 2.11. The Balaban J connectivity index is 1.71. The second-order valence-corrected chi connectivity index (χ2v) is 6.47. The van der Waals surface area contributed by atoms with Gasteiger partial charge in [0, 0.05) is 18.3 Å². The van der Waals surface area contributed by atoms with Crippen LogP contribution in [-0.2, 0) is 13.0 Å². The number of aryl methyl sites for hydroxylation is 3. The lowest BCUT2D eigenvalue weighted by Gasteiger charge is -2.11. The van der Waals surface area contributed by atoms with Gasteiger partial charge in [-0.15, -0.1) is 0 Å². The minimum Gasteiger partial charge on any atom is -0.366 e. The second-order valence-electron chi connectivity index (χ2n) is 6.47. The zero-order valence-corrected chi connectivity index (χ0v) is 15.9. The van der Waals surface area contributed by atoms with E-state index in [-0.39, 0.29) is 5.91 Å². The molecule has 27 heavy (non-hydrogen) atoms. The highest BCUT2D eigenvalue weighted by molar-refractivity contribution is 6.03. The number of aromatic nitrogens is 2. The zero-order chi connectivity index (χ0) is 19.2. The summed E-state index contributed by atoms with van der Waals surface area (Å²) in [5, 5.41) is 6.18. The van der Waals surface area contributed by atoms with Crippen molar-refractivity contribution in [3.63, 3.8) is 0 Å². The van der Waals surface area contributed by atoms with E-state index in [1.54, 1.807) is 13.0 Å². The molecule has 0 saturated carbocycles. The number of benzene rings is 2. The fourth-order valence-corrected chi connectivity index (χ4v) is 2.79. The minimum absolute atomic E-state index is 0.247. The summed E-state index contributed by atoms with van der Waals surface area (Å²) in [7, 11) is 0. The van der Waals surface area contributed by atoms with E-state index in [4.69, 9.17) is 0 Å². The molecule has 0 saturated heterocycles. The number of hydrogen-bond acceptors (Lipinski definition) is 4. The van der Waals surface area contributed by atoms with Gasteiger partial charge < -0.3 is 10.6 Å². The van der Waals surface area contributed by atoms with Crippen LogP contribution in [0, 0.1) is 13.8 Å². The molecular weight excluding hydrogens is 336 g/mol. The summed E-state index contributed by atoms with van der Waals surface area (Å²) in [5.74, 6) is 0.942. The van der Waals surface area contributed by atoms with Crippen molar-refractivity contribution in [3.05, 3.63) is 82.8 Å². The Bertz CT molecular complexity index is 935. The Morgan fingerprint density at radius 1 is 1.00 bits per heavy atom. The highest BCUT2D eigenvalue weighted by atomic mass is 16.1. The van der Waals surface area contributed by atoms with Gasteiger partial charge in [-0.2, -0.15) is 0 Å². The van der Waals surface area contributed by atoms with Crippen LogP contribution in [0.15, 0.2) is 54.6 Å². The van der Waals surface area contributed by atoms with Gasteiger partial charge in [0.1, 0.15) is 17.3 Å². The topological polar surface area (TPSA) is 66.9 Å². The molecule has 1 amide bonds. The van der Waals surface area contributed by atoms with E-state index in [9.17, 15) is 4.79 Å². The molecule has 3 aromatic rings. The number of carbonyl (C=O) groups excluding carboxylic acids is 1. The fourth-order valence-electron chi connectivity index (χ4n) is 2.79. The van der Waals surface area contributed by atoms with E-state index in [1.165, 1.54) is 16.7 Å². The van der Waals surface area contributed by atoms with Crippen molar-refractivity contribution >= 4 is 17.4 Å². The van der Waals surface area contributed by atoms with Crippen LogP contribution in [0.4, 0.5) is 11.5 Å². The summed E-state index contributed by atoms with van der Waals surface area (Å²) in [6.45, 7) is 6.60. The van der Waals surface area contributed by atoms with E-state index < -0.39 is 0 Å². The lowest BCUT2D eigenvalue weighted by molar-refractivity contribution is 0.102. The molecule has 0 fully saturated rings. The van der Waals surface area contributed by atoms with Crippen LogP contribution in [0.1, 0.15) is 39.9 Å². The van der Waals surface area contributed by atoms with Crippen molar-refractivity contribution in [1.29, 1.82) is 0 Å². The third kappa shape index (κ3) is 4.91. The Kier molecular flexibility index (Phi) is 5.81. The number of amides is 1. The lowest BCUT2D eigenvalue weighted by Crippen LogP contribution is -2.16. The molecule has 138 valence electrons. The molecule has 1 heterocycles. The van der Waals surface area contributed by atoms with E-state index >= 15 is 0 Å². The highest BCUT2D eigenvalue weighted by Crippen LogP contribution is 2.14. The van der Waals surface area contributed by atoms with Gasteiger partial charge in [0.2, 0.25) is 0 Å². The van der Waals surface area contributed by atoms with Crippen molar-refractivity contribution < 1.29 is 4.79 Å². The third-order valence-corrected chi connectivity index (χ3v) is 4.41. The molecule has 0 aliphatic rings. The largest absolute Gasteiger partial charge is 0.366 e. The van der Waals surface area contributed by atoms with Crippen molar-refractivity contribution in [1.82, 2.24) is 9.97 Å². The van der Waals surface area contributed by atoms with Gasteiger partial charge in [-0.1, -0.05) is 43.3 Å². The first kappa shape index (κ1) is 18.6. The van der Waals surface area contributed by atoms with E-state index in [2.05, 4.69) is 46.6 Å². The maximum absolute atomic E-state index is 12.6. The molecule has 0 aliphatic carbocycles. The van der Waals surface area contributed by atoms with Crippen molar-refractivity contribution in [2.24, 2.45) is 0 Å². The minimum atomic E-state index is -0.247. The van der Waals surface area contributed by atoms with Gasteiger partial charge in [0.05, 0.1) is 0 Å². The maximum Gasteiger partial charge on any atom is 0.274 e. The molecule has 2 aromatic carbocycles. The van der Waals surface area contributed by atoms with Crippen LogP contribution >= 0.6 is 0 Å². The van der Waals surface area contributed by atoms with Crippen LogP contribution in [0.2, 0.25) is 0 Å². The quantitative estimate of drug-likeness (QED) is 0.678. The number of carbonyl (C=O) groups is 1. The van der Waals surface area contributed by atoms with Crippen molar-refractivity contribution in [2.75, 3.05) is 10.6 Å². The summed E-state index contributed by atoms with van der Waals surface area (Å²) < 4.78 is 0. The van der Waals surface area contributed by atoms with Gasteiger partial charge in [-0.3, -0.25) is 4.79 Å². The number of anilines is 2. The van der Waals surface area contributed by atoms with Crippen molar-refractivity contribution in [2.45, 2.75) is 33.7 Å². The summed E-state index contributed by atoms with van der Waals surface area (Å²) in [4.78, 5) is 21.2. The molecule has 3 rings (SSSR count). The number of rotatable bonds is 6. The molecule has 0 unspecified atom stereocenters. The number of nitrogens with one attached hydrogen (secondary N) is 2. The Morgan fingerprint density at radius 3 is 2.44 bits per heavy atom. The van der Waals surface area contributed by atoms with Crippen LogP contribution in [0.25, 0.3) is 0 Å². The Hall–Kier alpha value is -3.21. The molecule has 0 aliphatic heterocycles. The Morgan fingerprint density at radius 2 is 1.74 bits per heavy atom. The van der Waals surface area contributed by atoms with E-state index in [1.807, 2.05) is 36.4 Å². The molecule has 2 N–H and O–H groups in total. The number of nitrogens with zero attached hydrogens (tertiary/aromatic N) is 2.